The molecule has 2 aromatic heterocycles. The summed E-state index contributed by atoms with van der Waals surface area (Å²) in [5, 5.41) is 8.40. The van der Waals surface area contributed by atoms with Crippen LogP contribution in [0, 0.1) is 0 Å². The van der Waals surface area contributed by atoms with Crippen LogP contribution in [0.15, 0.2) is 11.0 Å². The van der Waals surface area contributed by atoms with E-state index in [1.165, 1.54) is 0 Å². The maximum absolute atomic E-state index is 12.4. The predicted molar refractivity (Wildman–Crippen MR) is 101 cm³/mol. The second kappa shape index (κ2) is 6.90. The summed E-state index contributed by atoms with van der Waals surface area (Å²) in [7, 11) is -0.774. The molecule has 138 valence electrons. The summed E-state index contributed by atoms with van der Waals surface area (Å²) >= 11 is 0. The zero-order valence-electron chi connectivity index (χ0n) is 15.3. The molecule has 8 heteroatoms. The number of hydrogen-bond donors (Lipinski definition) is 2. The van der Waals surface area contributed by atoms with E-state index < -0.39 is 10.8 Å². The van der Waals surface area contributed by atoms with Crippen LogP contribution in [0.4, 0.5) is 5.95 Å². The number of rotatable bonds is 4. The minimum Gasteiger partial charge on any atom is -0.353 e. The van der Waals surface area contributed by atoms with Gasteiger partial charge in [0, 0.05) is 27.8 Å². The number of anilines is 1. The van der Waals surface area contributed by atoms with Gasteiger partial charge in [-0.3, -0.25) is 14.0 Å². The Morgan fingerprint density at radius 2 is 2.16 bits per heavy atom. The van der Waals surface area contributed by atoms with E-state index in [1.807, 2.05) is 27.7 Å². The normalized spacial score (nSPS) is 22.9. The Morgan fingerprint density at radius 3 is 2.84 bits per heavy atom. The van der Waals surface area contributed by atoms with E-state index in [0.29, 0.717) is 22.7 Å². The molecule has 1 aliphatic rings. The molecule has 25 heavy (non-hydrogen) atoms. The van der Waals surface area contributed by atoms with E-state index in [2.05, 4.69) is 20.4 Å². The van der Waals surface area contributed by atoms with Gasteiger partial charge in [-0.05, 0) is 40.0 Å². The standard InChI is InChI=1S/C17H27N5O2S/c1-5-25(24)12-8-6-7-11(9-12)19-16-20-14-13(15(23)21-16)10-18-22(14)17(2,3)4/h10-12H,5-9H2,1-4H3,(H2,19,20,21,23). The first-order chi connectivity index (χ1) is 11.8. The summed E-state index contributed by atoms with van der Waals surface area (Å²) in [6, 6.07) is 0.181. The van der Waals surface area contributed by atoms with Crippen molar-refractivity contribution in [3.05, 3.63) is 16.6 Å². The van der Waals surface area contributed by atoms with Crippen LogP contribution in [0.3, 0.4) is 0 Å². The number of nitrogens with zero attached hydrogens (tertiary/aromatic N) is 3. The van der Waals surface area contributed by atoms with Gasteiger partial charge in [-0.25, -0.2) is 4.68 Å². The molecule has 0 saturated heterocycles. The zero-order chi connectivity index (χ0) is 18.2. The third kappa shape index (κ3) is 3.78. The summed E-state index contributed by atoms with van der Waals surface area (Å²) in [5.74, 6) is 1.17. The molecule has 7 nitrogen and oxygen atoms in total. The Hall–Kier alpha value is -1.70. The fraction of sp³-hybridized carbons (Fsp3) is 0.706. The molecule has 2 aromatic rings. The summed E-state index contributed by atoms with van der Waals surface area (Å²) in [6.07, 6.45) is 5.47. The second-order valence-electron chi connectivity index (χ2n) is 7.68. The highest BCUT2D eigenvalue weighted by atomic mass is 32.2. The Balaban J connectivity index is 1.86. The Bertz CT molecular complexity index is 836. The molecular weight excluding hydrogens is 338 g/mol. The summed E-state index contributed by atoms with van der Waals surface area (Å²) in [5.41, 5.74) is 0.143. The Kier molecular flexibility index (Phi) is 4.99. The number of aromatic nitrogens is 4. The molecule has 3 atom stereocenters. The van der Waals surface area contributed by atoms with Gasteiger partial charge in [-0.1, -0.05) is 13.3 Å². The third-order valence-electron chi connectivity index (χ3n) is 4.70. The highest BCUT2D eigenvalue weighted by Crippen LogP contribution is 2.25. The van der Waals surface area contributed by atoms with Crippen molar-refractivity contribution < 1.29 is 4.21 Å². The second-order valence-corrected chi connectivity index (χ2v) is 9.68. The Labute approximate surface area is 150 Å². The molecule has 2 heterocycles. The third-order valence-corrected chi connectivity index (χ3v) is 6.44. The van der Waals surface area contributed by atoms with Crippen molar-refractivity contribution >= 4 is 27.8 Å². The SMILES string of the molecule is CCS(=O)C1CCCC(Nc2nc3c(cnn3C(C)(C)C)c(=O)[nH]2)C1. The summed E-state index contributed by atoms with van der Waals surface area (Å²) in [4.78, 5) is 19.8. The van der Waals surface area contributed by atoms with Gasteiger partial charge >= 0.3 is 0 Å². The van der Waals surface area contributed by atoms with Crippen molar-refractivity contribution in [3.8, 4) is 0 Å². The van der Waals surface area contributed by atoms with Crippen molar-refractivity contribution in [3.63, 3.8) is 0 Å². The molecule has 3 rings (SSSR count). The van der Waals surface area contributed by atoms with E-state index in [-0.39, 0.29) is 22.4 Å². The highest BCUT2D eigenvalue weighted by molar-refractivity contribution is 7.85. The molecule has 0 bridgehead atoms. The molecule has 0 spiro atoms. The van der Waals surface area contributed by atoms with Crippen molar-refractivity contribution in [1.29, 1.82) is 0 Å². The van der Waals surface area contributed by atoms with Gasteiger partial charge in [0.15, 0.2) is 5.65 Å². The van der Waals surface area contributed by atoms with Crippen molar-refractivity contribution in [1.82, 2.24) is 19.7 Å². The topological polar surface area (TPSA) is 92.7 Å². The fourth-order valence-corrected chi connectivity index (χ4v) is 4.77. The molecule has 0 radical (unpaired) electrons. The molecule has 3 unspecified atom stereocenters. The Morgan fingerprint density at radius 1 is 1.40 bits per heavy atom. The first kappa shape index (κ1) is 18.1. The largest absolute Gasteiger partial charge is 0.353 e. The van der Waals surface area contributed by atoms with Crippen LogP contribution >= 0.6 is 0 Å². The lowest BCUT2D eigenvalue weighted by atomic mass is 9.95. The fourth-order valence-electron chi connectivity index (χ4n) is 3.42. The molecule has 1 saturated carbocycles. The van der Waals surface area contributed by atoms with Gasteiger partial charge < -0.3 is 5.32 Å². The molecule has 0 aliphatic heterocycles. The zero-order valence-corrected chi connectivity index (χ0v) is 16.2. The van der Waals surface area contributed by atoms with Crippen LogP contribution in [-0.4, -0.2) is 41.0 Å². The number of hydrogen-bond acceptors (Lipinski definition) is 5. The number of nitrogens with one attached hydrogen (secondary N) is 2. The lowest BCUT2D eigenvalue weighted by Gasteiger charge is -2.29. The maximum atomic E-state index is 12.4. The maximum Gasteiger partial charge on any atom is 0.263 e. The molecule has 0 aromatic carbocycles. The molecule has 1 aliphatic carbocycles. The van der Waals surface area contributed by atoms with Crippen LogP contribution in [0.1, 0.15) is 53.4 Å². The first-order valence-corrected chi connectivity index (χ1v) is 10.3. The average Bonchev–Trinajstić information content (AvgIpc) is 2.99. The van der Waals surface area contributed by atoms with Gasteiger partial charge in [-0.2, -0.15) is 10.1 Å². The quantitative estimate of drug-likeness (QED) is 0.868. The predicted octanol–water partition coefficient (Wildman–Crippen LogP) is 2.37. The summed E-state index contributed by atoms with van der Waals surface area (Å²) < 4.78 is 13.9. The summed E-state index contributed by atoms with van der Waals surface area (Å²) in [6.45, 7) is 8.05. The molecule has 0 amide bonds. The van der Waals surface area contributed by atoms with Crippen LogP contribution in [0.5, 0.6) is 0 Å². The lowest BCUT2D eigenvalue weighted by molar-refractivity contribution is 0.366. The highest BCUT2D eigenvalue weighted by Gasteiger charge is 2.26. The van der Waals surface area contributed by atoms with E-state index in [4.69, 9.17) is 0 Å². The number of fused-ring (bicyclic) bond motifs is 1. The van der Waals surface area contributed by atoms with Crippen molar-refractivity contribution in [2.75, 3.05) is 11.1 Å². The van der Waals surface area contributed by atoms with Gasteiger partial charge in [0.05, 0.1) is 11.7 Å². The van der Waals surface area contributed by atoms with E-state index in [1.54, 1.807) is 10.9 Å². The van der Waals surface area contributed by atoms with E-state index >= 15 is 0 Å². The van der Waals surface area contributed by atoms with Gasteiger partial charge in [0.1, 0.15) is 5.39 Å². The van der Waals surface area contributed by atoms with Crippen molar-refractivity contribution in [2.45, 2.75) is 70.2 Å². The van der Waals surface area contributed by atoms with Gasteiger partial charge in [0.2, 0.25) is 5.95 Å². The average molecular weight is 366 g/mol. The number of aromatic amines is 1. The van der Waals surface area contributed by atoms with Crippen LogP contribution in [0.25, 0.3) is 11.0 Å². The monoisotopic (exact) mass is 365 g/mol. The van der Waals surface area contributed by atoms with Gasteiger partial charge in [0.25, 0.3) is 5.56 Å². The van der Waals surface area contributed by atoms with Gasteiger partial charge in [-0.15, -0.1) is 0 Å². The first-order valence-electron chi connectivity index (χ1n) is 8.92. The lowest BCUT2D eigenvalue weighted by Crippen LogP contribution is -2.34. The molecular formula is C17H27N5O2S. The molecule has 2 N–H and O–H groups in total. The smallest absolute Gasteiger partial charge is 0.263 e. The minimum atomic E-state index is -0.774. The van der Waals surface area contributed by atoms with Crippen LogP contribution in [-0.2, 0) is 16.3 Å². The van der Waals surface area contributed by atoms with E-state index in [0.717, 1.165) is 25.7 Å². The minimum absolute atomic E-state index is 0.181. The number of H-pyrrole nitrogens is 1. The van der Waals surface area contributed by atoms with E-state index in [9.17, 15) is 9.00 Å². The van der Waals surface area contributed by atoms with Crippen molar-refractivity contribution in [2.24, 2.45) is 0 Å². The van der Waals surface area contributed by atoms with Crippen LogP contribution < -0.4 is 10.9 Å². The molecule has 1 fully saturated rings. The van der Waals surface area contributed by atoms with Crippen LogP contribution in [0.2, 0.25) is 0 Å².